The first kappa shape index (κ1) is 25.6. The number of piperidine rings is 1. The molecule has 6 heteroatoms. The first-order chi connectivity index (χ1) is 14.5. The third-order valence-corrected chi connectivity index (χ3v) is 7.78. The Morgan fingerprint density at radius 3 is 2.17 bits per heavy atom. The number of benzene rings is 1. The second-order valence-electron chi connectivity index (χ2n) is 8.57. The summed E-state index contributed by atoms with van der Waals surface area (Å²) in [6.45, 7) is 7.11. The molecule has 2 rings (SSSR count). The molecule has 0 unspecified atom stereocenters. The number of likely N-dealkylation sites (tertiary alicyclic amines) is 1. The van der Waals surface area contributed by atoms with Crippen LogP contribution in [0.1, 0.15) is 69.8 Å². The van der Waals surface area contributed by atoms with E-state index in [4.69, 9.17) is 4.18 Å². The van der Waals surface area contributed by atoms with E-state index in [2.05, 4.69) is 32.4 Å². The Bertz CT molecular complexity index is 775. The highest BCUT2D eigenvalue weighted by atomic mass is 127. The van der Waals surface area contributed by atoms with Crippen LogP contribution in [-0.2, 0) is 14.3 Å². The molecule has 1 aliphatic rings. The van der Waals surface area contributed by atoms with Crippen LogP contribution in [0.5, 0.6) is 0 Å². The molecule has 168 valence electrons. The predicted molar refractivity (Wildman–Crippen MR) is 132 cm³/mol. The van der Waals surface area contributed by atoms with Gasteiger partial charge in [0.05, 0.1) is 31.1 Å². The van der Waals surface area contributed by atoms with Gasteiger partial charge in [-0.05, 0) is 67.4 Å². The summed E-state index contributed by atoms with van der Waals surface area (Å²) in [4.78, 5) is 0.242. The standard InChI is InChI=1S/C24H37INO3S/c1-23-13-15-24(16-14-23)30(27,28)29-22-11-6-4-2-3-5-8-18-26(21-12-17-25)19-9-7-10-20-26/h13-16H,2-11,18-22H2,1H3/q+1. The van der Waals surface area contributed by atoms with Crippen molar-refractivity contribution in [2.75, 3.05) is 32.8 Å². The zero-order valence-corrected chi connectivity index (χ0v) is 21.3. The zero-order valence-electron chi connectivity index (χ0n) is 18.4. The van der Waals surface area contributed by atoms with Crippen LogP contribution in [0.4, 0.5) is 0 Å². The molecule has 1 aromatic rings. The fourth-order valence-electron chi connectivity index (χ4n) is 4.22. The molecule has 0 atom stereocenters. The molecule has 0 aliphatic carbocycles. The van der Waals surface area contributed by atoms with E-state index in [9.17, 15) is 8.42 Å². The van der Waals surface area contributed by atoms with E-state index in [1.807, 2.05) is 6.92 Å². The Balaban J connectivity index is 1.52. The second kappa shape index (κ2) is 13.7. The van der Waals surface area contributed by atoms with E-state index in [0.29, 0.717) is 0 Å². The van der Waals surface area contributed by atoms with Gasteiger partial charge in [0.15, 0.2) is 0 Å². The smallest absolute Gasteiger partial charge is 0.296 e. The van der Waals surface area contributed by atoms with Crippen LogP contribution in [0.15, 0.2) is 29.2 Å². The van der Waals surface area contributed by atoms with Crippen LogP contribution < -0.4 is 0 Å². The van der Waals surface area contributed by atoms with Crippen LogP contribution in [0.2, 0.25) is 0 Å². The SMILES string of the molecule is Cc1ccc(S(=O)(=O)OCCCCCCCCC[N+]2(CC#CI)CCCCC2)cc1. The van der Waals surface area contributed by atoms with Crippen molar-refractivity contribution in [3.8, 4) is 9.85 Å². The van der Waals surface area contributed by atoms with Gasteiger partial charge in [0.25, 0.3) is 10.1 Å². The van der Waals surface area contributed by atoms with Gasteiger partial charge in [-0.3, -0.25) is 4.18 Å². The predicted octanol–water partition coefficient (Wildman–Crippen LogP) is 5.83. The number of hydrogen-bond donors (Lipinski definition) is 0. The van der Waals surface area contributed by atoms with E-state index in [1.165, 1.54) is 69.1 Å². The summed E-state index contributed by atoms with van der Waals surface area (Å²) < 4.78 is 33.7. The molecule has 0 bridgehead atoms. The average Bonchev–Trinajstić information content (AvgIpc) is 2.74. The van der Waals surface area contributed by atoms with Gasteiger partial charge < -0.3 is 4.48 Å². The molecule has 1 aliphatic heterocycles. The van der Waals surface area contributed by atoms with Crippen LogP contribution in [0.25, 0.3) is 0 Å². The third-order valence-electron chi connectivity index (χ3n) is 6.07. The molecule has 0 aromatic heterocycles. The van der Waals surface area contributed by atoms with Gasteiger partial charge in [-0.15, -0.1) is 0 Å². The minimum atomic E-state index is -3.62. The van der Waals surface area contributed by atoms with Crippen LogP contribution in [-0.4, -0.2) is 45.7 Å². The summed E-state index contributed by atoms with van der Waals surface area (Å²) in [5, 5.41) is 0. The molecular weight excluding hydrogens is 509 g/mol. The Morgan fingerprint density at radius 2 is 1.53 bits per heavy atom. The van der Waals surface area contributed by atoms with Crippen molar-refractivity contribution in [1.82, 2.24) is 0 Å². The topological polar surface area (TPSA) is 43.4 Å². The summed E-state index contributed by atoms with van der Waals surface area (Å²) in [5.41, 5.74) is 1.04. The lowest BCUT2D eigenvalue weighted by Gasteiger charge is -2.40. The van der Waals surface area contributed by atoms with E-state index in [1.54, 1.807) is 24.3 Å². The summed E-state index contributed by atoms with van der Waals surface area (Å²) in [5.74, 6) is 3.32. The number of halogens is 1. The van der Waals surface area contributed by atoms with Gasteiger partial charge in [-0.1, -0.05) is 43.4 Å². The molecule has 1 aromatic carbocycles. The van der Waals surface area contributed by atoms with Gasteiger partial charge in [0.1, 0.15) is 6.54 Å². The fourth-order valence-corrected chi connectivity index (χ4v) is 5.33. The normalized spacial score (nSPS) is 16.1. The molecule has 0 spiro atoms. The van der Waals surface area contributed by atoms with Crippen LogP contribution >= 0.6 is 22.6 Å². The Hall–Kier alpha value is -0.620. The van der Waals surface area contributed by atoms with Crippen molar-refractivity contribution in [1.29, 1.82) is 0 Å². The van der Waals surface area contributed by atoms with Gasteiger partial charge >= 0.3 is 0 Å². The molecule has 1 saturated heterocycles. The highest BCUT2D eigenvalue weighted by Crippen LogP contribution is 2.20. The maximum absolute atomic E-state index is 12.1. The number of nitrogens with zero attached hydrogens (tertiary/aromatic N) is 1. The molecule has 0 saturated carbocycles. The summed E-state index contributed by atoms with van der Waals surface area (Å²) in [6.07, 6.45) is 12.1. The third kappa shape index (κ3) is 9.25. The number of quaternary nitrogens is 1. The molecule has 4 nitrogen and oxygen atoms in total. The number of rotatable bonds is 13. The molecule has 1 heterocycles. The molecular formula is C24H37INO3S+. The highest BCUT2D eigenvalue weighted by Gasteiger charge is 2.28. The molecule has 0 N–H and O–H groups in total. The van der Waals surface area contributed by atoms with Crippen molar-refractivity contribution >= 4 is 32.7 Å². The van der Waals surface area contributed by atoms with Crippen LogP contribution in [0, 0.1) is 16.8 Å². The average molecular weight is 547 g/mol. The lowest BCUT2D eigenvalue weighted by molar-refractivity contribution is -0.926. The fraction of sp³-hybridized carbons (Fsp3) is 0.667. The Labute approximate surface area is 197 Å². The van der Waals surface area contributed by atoms with Gasteiger partial charge in [-0.25, -0.2) is 0 Å². The number of unbranched alkanes of at least 4 members (excludes halogenated alkanes) is 6. The monoisotopic (exact) mass is 546 g/mol. The lowest BCUT2D eigenvalue weighted by Crippen LogP contribution is -2.52. The van der Waals surface area contributed by atoms with Crippen molar-refractivity contribution in [2.24, 2.45) is 0 Å². The maximum atomic E-state index is 12.1. The van der Waals surface area contributed by atoms with Crippen molar-refractivity contribution in [3.63, 3.8) is 0 Å². The zero-order chi connectivity index (χ0) is 21.7. The summed E-state index contributed by atoms with van der Waals surface area (Å²) in [6, 6.07) is 6.80. The summed E-state index contributed by atoms with van der Waals surface area (Å²) in [7, 11) is -3.62. The van der Waals surface area contributed by atoms with Crippen molar-refractivity contribution in [3.05, 3.63) is 29.8 Å². The van der Waals surface area contributed by atoms with Crippen LogP contribution in [0.3, 0.4) is 0 Å². The van der Waals surface area contributed by atoms with Gasteiger partial charge in [-0.2, -0.15) is 8.42 Å². The van der Waals surface area contributed by atoms with E-state index in [-0.39, 0.29) is 11.5 Å². The lowest BCUT2D eigenvalue weighted by atomic mass is 10.0. The van der Waals surface area contributed by atoms with Crippen molar-refractivity contribution in [2.45, 2.75) is 76.0 Å². The highest BCUT2D eigenvalue weighted by molar-refractivity contribution is 14.1. The van der Waals surface area contributed by atoms with E-state index in [0.717, 1.165) is 31.4 Å². The van der Waals surface area contributed by atoms with E-state index < -0.39 is 10.1 Å². The molecule has 1 fully saturated rings. The number of aryl methyl sites for hydroxylation is 1. The van der Waals surface area contributed by atoms with Crippen molar-refractivity contribution < 1.29 is 17.1 Å². The Morgan fingerprint density at radius 1 is 0.933 bits per heavy atom. The minimum absolute atomic E-state index is 0.242. The molecule has 0 radical (unpaired) electrons. The van der Waals surface area contributed by atoms with Gasteiger partial charge in [0.2, 0.25) is 0 Å². The number of hydrogen-bond acceptors (Lipinski definition) is 3. The maximum Gasteiger partial charge on any atom is 0.296 e. The van der Waals surface area contributed by atoms with Gasteiger partial charge in [0, 0.05) is 22.6 Å². The molecule has 0 amide bonds. The first-order valence-electron chi connectivity index (χ1n) is 11.4. The Kier molecular flexibility index (Phi) is 11.7. The minimum Gasteiger partial charge on any atom is -0.313 e. The molecule has 30 heavy (non-hydrogen) atoms. The summed E-state index contributed by atoms with van der Waals surface area (Å²) >= 11 is 2.15. The first-order valence-corrected chi connectivity index (χ1v) is 13.9. The van der Waals surface area contributed by atoms with E-state index >= 15 is 0 Å². The quantitative estimate of drug-likeness (QED) is 0.103. The second-order valence-corrected chi connectivity index (χ2v) is 10.7. The largest absolute Gasteiger partial charge is 0.313 e.